The normalized spacial score (nSPS) is 18.6. The highest BCUT2D eigenvalue weighted by atomic mass is 16.5. The third-order valence-electron chi connectivity index (χ3n) is 7.69. The van der Waals surface area contributed by atoms with Crippen LogP contribution in [0.2, 0.25) is 0 Å². The number of hydrogen-bond acceptors (Lipinski definition) is 4. The Morgan fingerprint density at radius 2 is 1.22 bits per heavy atom. The fourth-order valence-electron chi connectivity index (χ4n) is 5.34. The monoisotopic (exact) mass is 504 g/mol. The summed E-state index contributed by atoms with van der Waals surface area (Å²) in [6.07, 6.45) is 1.87. The van der Waals surface area contributed by atoms with Crippen molar-refractivity contribution in [3.63, 3.8) is 0 Å². The first-order valence-electron chi connectivity index (χ1n) is 13.5. The van der Waals surface area contributed by atoms with E-state index in [9.17, 15) is 9.59 Å². The summed E-state index contributed by atoms with van der Waals surface area (Å²) in [6, 6.07) is 20.4. The smallest absolute Gasteiger partial charge is 0.226 e. The zero-order valence-corrected chi connectivity index (χ0v) is 22.0. The number of carbonyl (C=O) groups is 2. The topological polar surface area (TPSA) is 59.1 Å². The van der Waals surface area contributed by atoms with Crippen molar-refractivity contribution in [2.45, 2.75) is 26.2 Å². The maximum Gasteiger partial charge on any atom is 0.226 e. The third-order valence-corrected chi connectivity index (χ3v) is 7.69. The number of ether oxygens (including phenoxy) is 2. The zero-order chi connectivity index (χ0) is 26.0. The Kier molecular flexibility index (Phi) is 9.92. The molecule has 2 aliphatic heterocycles. The molecule has 2 aromatic carbocycles. The molecule has 6 heteroatoms. The molecule has 6 nitrogen and oxygen atoms in total. The van der Waals surface area contributed by atoms with Gasteiger partial charge in [-0.05, 0) is 36.3 Å². The van der Waals surface area contributed by atoms with E-state index in [4.69, 9.17) is 9.47 Å². The van der Waals surface area contributed by atoms with E-state index >= 15 is 0 Å². The summed E-state index contributed by atoms with van der Waals surface area (Å²) in [6.45, 7) is 11.4. The van der Waals surface area contributed by atoms with Gasteiger partial charge in [0.05, 0.1) is 26.4 Å². The molecule has 198 valence electrons. The number of carbonyl (C=O) groups excluding carboxylic acids is 2. The lowest BCUT2D eigenvalue weighted by molar-refractivity contribution is -0.140. The molecular weight excluding hydrogens is 464 g/mol. The van der Waals surface area contributed by atoms with E-state index in [0.717, 1.165) is 16.7 Å². The Bertz CT molecular complexity index is 1010. The molecule has 3 atom stereocenters. The largest absolute Gasteiger partial charge is 0.378 e. The van der Waals surface area contributed by atoms with Crippen molar-refractivity contribution in [2.24, 2.45) is 17.8 Å². The highest BCUT2D eigenvalue weighted by Gasteiger charge is 2.34. The van der Waals surface area contributed by atoms with Crippen LogP contribution in [0.1, 0.15) is 24.5 Å². The van der Waals surface area contributed by atoms with Crippen LogP contribution in [0, 0.1) is 17.8 Å². The van der Waals surface area contributed by atoms with E-state index in [-0.39, 0.29) is 29.6 Å². The fraction of sp³-hybridized carbons (Fsp3) is 0.484. The van der Waals surface area contributed by atoms with Gasteiger partial charge in [0.25, 0.3) is 0 Å². The first-order valence-corrected chi connectivity index (χ1v) is 13.5. The second-order valence-electron chi connectivity index (χ2n) is 10.2. The first kappa shape index (κ1) is 27.1. The van der Waals surface area contributed by atoms with E-state index in [2.05, 4.69) is 37.8 Å². The van der Waals surface area contributed by atoms with Crippen LogP contribution in [0.5, 0.6) is 0 Å². The average molecular weight is 505 g/mol. The van der Waals surface area contributed by atoms with Gasteiger partial charge < -0.3 is 19.3 Å². The van der Waals surface area contributed by atoms with Crippen LogP contribution in [0.25, 0.3) is 0 Å². The summed E-state index contributed by atoms with van der Waals surface area (Å²) in [5.41, 5.74) is 3.24. The van der Waals surface area contributed by atoms with E-state index < -0.39 is 0 Å². The lowest BCUT2D eigenvalue weighted by Gasteiger charge is -2.35. The minimum absolute atomic E-state index is 0.0636. The lowest BCUT2D eigenvalue weighted by atomic mass is 9.78. The second-order valence-corrected chi connectivity index (χ2v) is 10.2. The summed E-state index contributed by atoms with van der Waals surface area (Å²) >= 11 is 0. The summed E-state index contributed by atoms with van der Waals surface area (Å²) in [4.78, 5) is 31.2. The summed E-state index contributed by atoms with van der Waals surface area (Å²) in [7, 11) is 0. The maximum atomic E-state index is 13.7. The molecule has 4 rings (SSSR count). The van der Waals surface area contributed by atoms with Crippen LogP contribution >= 0.6 is 0 Å². The van der Waals surface area contributed by atoms with Gasteiger partial charge in [-0.25, -0.2) is 0 Å². The fourth-order valence-corrected chi connectivity index (χ4v) is 5.34. The van der Waals surface area contributed by atoms with Gasteiger partial charge in [0.1, 0.15) is 0 Å². The Morgan fingerprint density at radius 1 is 0.757 bits per heavy atom. The molecule has 2 amide bonds. The highest BCUT2D eigenvalue weighted by molar-refractivity contribution is 5.81. The molecule has 2 aliphatic rings. The van der Waals surface area contributed by atoms with Gasteiger partial charge in [-0.3, -0.25) is 9.59 Å². The molecule has 0 bridgehead atoms. The van der Waals surface area contributed by atoms with Crippen LogP contribution in [0.15, 0.2) is 72.8 Å². The molecule has 0 N–H and O–H groups in total. The first-order chi connectivity index (χ1) is 18.0. The Labute approximate surface area is 221 Å². The van der Waals surface area contributed by atoms with Crippen LogP contribution in [-0.2, 0) is 31.9 Å². The van der Waals surface area contributed by atoms with Gasteiger partial charge in [0, 0.05) is 38.0 Å². The van der Waals surface area contributed by atoms with Crippen molar-refractivity contribution in [1.82, 2.24) is 9.80 Å². The minimum atomic E-state index is -0.233. The standard InChI is InChI=1S/C31H40N2O4/c1-24(21-28(22-26-9-5-3-6-10-26)30(34)32-13-17-36-18-14-32)25(2)29(23-27-11-7-4-8-12-27)31(35)33-15-19-37-20-16-33/h3-12,25,28-29H,1,13-23H2,2H3/t25-,28-,29+/m0/s1. The zero-order valence-electron chi connectivity index (χ0n) is 22.0. The van der Waals surface area contributed by atoms with Crippen molar-refractivity contribution in [2.75, 3.05) is 52.6 Å². The van der Waals surface area contributed by atoms with Gasteiger partial charge in [-0.2, -0.15) is 0 Å². The molecule has 0 aliphatic carbocycles. The summed E-state index contributed by atoms with van der Waals surface area (Å²) in [5.74, 6) is -0.207. The van der Waals surface area contributed by atoms with Crippen LogP contribution in [0.4, 0.5) is 0 Å². The molecule has 0 aromatic heterocycles. The Morgan fingerprint density at radius 3 is 1.73 bits per heavy atom. The van der Waals surface area contributed by atoms with Crippen LogP contribution in [0.3, 0.4) is 0 Å². The Hall–Kier alpha value is -2.96. The third kappa shape index (κ3) is 7.53. The van der Waals surface area contributed by atoms with Crippen molar-refractivity contribution in [3.8, 4) is 0 Å². The molecule has 2 fully saturated rings. The molecule has 0 radical (unpaired) electrons. The molecule has 2 aromatic rings. The predicted octanol–water partition coefficient (Wildman–Crippen LogP) is 4.00. The number of nitrogens with zero attached hydrogens (tertiary/aromatic N) is 2. The molecule has 2 saturated heterocycles. The van der Waals surface area contributed by atoms with Gasteiger partial charge in [0.15, 0.2) is 0 Å². The van der Waals surface area contributed by atoms with Gasteiger partial charge in [-0.1, -0.05) is 79.7 Å². The van der Waals surface area contributed by atoms with Gasteiger partial charge >= 0.3 is 0 Å². The molecular formula is C31H40N2O4. The second kappa shape index (κ2) is 13.5. The van der Waals surface area contributed by atoms with E-state index in [1.54, 1.807) is 0 Å². The maximum absolute atomic E-state index is 13.7. The number of amides is 2. The molecule has 0 spiro atoms. The molecule has 37 heavy (non-hydrogen) atoms. The number of benzene rings is 2. The van der Waals surface area contributed by atoms with Crippen LogP contribution in [-0.4, -0.2) is 74.2 Å². The number of hydrogen-bond donors (Lipinski definition) is 0. The summed E-state index contributed by atoms with van der Waals surface area (Å²) < 4.78 is 11.0. The lowest BCUT2D eigenvalue weighted by Crippen LogP contribution is -2.46. The number of rotatable bonds is 10. The molecule has 0 saturated carbocycles. The van der Waals surface area contributed by atoms with Crippen molar-refractivity contribution < 1.29 is 19.1 Å². The Balaban J connectivity index is 1.52. The van der Waals surface area contributed by atoms with Crippen molar-refractivity contribution in [3.05, 3.63) is 83.9 Å². The molecule has 2 heterocycles. The number of allylic oxidation sites excluding steroid dienone is 1. The molecule has 0 unspecified atom stereocenters. The number of morpholine rings is 2. The highest BCUT2D eigenvalue weighted by Crippen LogP contribution is 2.31. The van der Waals surface area contributed by atoms with Gasteiger partial charge in [0.2, 0.25) is 11.8 Å². The van der Waals surface area contributed by atoms with E-state index in [0.29, 0.717) is 71.9 Å². The van der Waals surface area contributed by atoms with Gasteiger partial charge in [-0.15, -0.1) is 0 Å². The predicted molar refractivity (Wildman–Crippen MR) is 145 cm³/mol. The average Bonchev–Trinajstić information content (AvgIpc) is 2.96. The SMILES string of the molecule is C=C(C[C@@H](Cc1ccccc1)C(=O)N1CCOCC1)[C@H](C)[C@@H](Cc1ccccc1)C(=O)N1CCOCC1. The van der Waals surface area contributed by atoms with E-state index in [1.807, 2.05) is 46.2 Å². The quantitative estimate of drug-likeness (QED) is 0.459. The minimum Gasteiger partial charge on any atom is -0.378 e. The van der Waals surface area contributed by atoms with Crippen molar-refractivity contribution >= 4 is 11.8 Å². The summed E-state index contributed by atoms with van der Waals surface area (Å²) in [5, 5.41) is 0. The van der Waals surface area contributed by atoms with E-state index in [1.165, 1.54) is 0 Å². The van der Waals surface area contributed by atoms with Crippen molar-refractivity contribution in [1.29, 1.82) is 0 Å². The van der Waals surface area contributed by atoms with Crippen LogP contribution < -0.4 is 0 Å².